The average Bonchev–Trinajstić information content (AvgIpc) is 2.61. The van der Waals surface area contributed by atoms with Gasteiger partial charge in [0, 0.05) is 30.2 Å². The average molecular weight is 346 g/mol. The van der Waals surface area contributed by atoms with Crippen molar-refractivity contribution >= 4 is 17.3 Å². The van der Waals surface area contributed by atoms with Crippen LogP contribution < -0.4 is 4.74 Å². The highest BCUT2D eigenvalue weighted by Gasteiger charge is 2.16. The zero-order chi connectivity index (χ0) is 18.4. The lowest BCUT2D eigenvalue weighted by molar-refractivity contribution is -0.385. The molecule has 9 nitrogen and oxygen atoms in total. The third-order valence-electron chi connectivity index (χ3n) is 3.40. The van der Waals surface area contributed by atoms with E-state index in [1.165, 1.54) is 49.6 Å². The number of hydrogen-bond donors (Lipinski definition) is 0. The van der Waals surface area contributed by atoms with Gasteiger partial charge in [-0.2, -0.15) is 0 Å². The van der Waals surface area contributed by atoms with Crippen LogP contribution >= 0.6 is 0 Å². The molecule has 0 unspecified atom stereocenters. The lowest BCUT2D eigenvalue weighted by Crippen LogP contribution is -2.09. The van der Waals surface area contributed by atoms with Crippen LogP contribution in [-0.2, 0) is 11.2 Å². The van der Waals surface area contributed by atoms with Crippen molar-refractivity contribution in [2.75, 3.05) is 13.7 Å². The summed E-state index contributed by atoms with van der Waals surface area (Å²) in [5, 5.41) is 21.6. The fraction of sp³-hybridized carbons (Fsp3) is 0.188. The van der Waals surface area contributed by atoms with Crippen LogP contribution in [0.25, 0.3) is 0 Å². The Kier molecular flexibility index (Phi) is 5.62. The summed E-state index contributed by atoms with van der Waals surface area (Å²) in [7, 11) is 1.44. The van der Waals surface area contributed by atoms with Crippen LogP contribution in [0.1, 0.15) is 15.9 Å². The third kappa shape index (κ3) is 4.50. The number of esters is 1. The van der Waals surface area contributed by atoms with Crippen molar-refractivity contribution in [1.82, 2.24) is 0 Å². The number of hydrogen-bond acceptors (Lipinski definition) is 7. The summed E-state index contributed by atoms with van der Waals surface area (Å²) in [5.41, 5.74) is 0.308. The van der Waals surface area contributed by atoms with E-state index in [1.807, 2.05) is 0 Å². The number of rotatable bonds is 7. The smallest absolute Gasteiger partial charge is 0.338 e. The third-order valence-corrected chi connectivity index (χ3v) is 3.40. The number of carbonyl (C=O) groups is 1. The summed E-state index contributed by atoms with van der Waals surface area (Å²) in [5.74, 6) is -0.206. The molecule has 0 amide bonds. The molecule has 0 N–H and O–H groups in total. The molecule has 0 heterocycles. The molecule has 2 aromatic rings. The Bertz CT molecular complexity index is 803. The van der Waals surface area contributed by atoms with Gasteiger partial charge in [0.15, 0.2) is 0 Å². The molecule has 2 rings (SSSR count). The van der Waals surface area contributed by atoms with Crippen molar-refractivity contribution in [2.24, 2.45) is 0 Å². The van der Waals surface area contributed by atoms with Gasteiger partial charge < -0.3 is 9.47 Å². The summed E-state index contributed by atoms with van der Waals surface area (Å²) in [6.45, 7) is -0.0795. The lowest BCUT2D eigenvalue weighted by atomic mass is 10.1. The molecule has 0 fully saturated rings. The molecule has 0 saturated carbocycles. The van der Waals surface area contributed by atoms with Gasteiger partial charge in [-0.1, -0.05) is 0 Å². The van der Waals surface area contributed by atoms with E-state index >= 15 is 0 Å². The number of ether oxygens (including phenoxy) is 2. The zero-order valence-electron chi connectivity index (χ0n) is 13.2. The number of benzene rings is 2. The van der Waals surface area contributed by atoms with Crippen LogP contribution in [-0.4, -0.2) is 29.5 Å². The number of nitrogens with zero attached hydrogens (tertiary/aromatic N) is 2. The molecule has 2 aromatic carbocycles. The Labute approximate surface area is 142 Å². The number of methoxy groups -OCH3 is 1. The van der Waals surface area contributed by atoms with Gasteiger partial charge in [-0.25, -0.2) is 4.79 Å². The van der Waals surface area contributed by atoms with Gasteiger partial charge in [-0.15, -0.1) is 0 Å². The molecular weight excluding hydrogens is 332 g/mol. The minimum absolute atomic E-state index is 0.0795. The first-order chi connectivity index (χ1) is 11.9. The quantitative estimate of drug-likeness (QED) is 0.429. The summed E-state index contributed by atoms with van der Waals surface area (Å²) in [6.07, 6.45) is 0.131. The highest BCUT2D eigenvalue weighted by atomic mass is 16.6. The first-order valence-electron chi connectivity index (χ1n) is 7.15. The van der Waals surface area contributed by atoms with Gasteiger partial charge >= 0.3 is 5.97 Å². The maximum Gasteiger partial charge on any atom is 0.338 e. The normalized spacial score (nSPS) is 10.1. The fourth-order valence-electron chi connectivity index (χ4n) is 2.12. The first kappa shape index (κ1) is 17.9. The van der Waals surface area contributed by atoms with Crippen LogP contribution in [0.15, 0.2) is 42.5 Å². The zero-order valence-corrected chi connectivity index (χ0v) is 13.2. The van der Waals surface area contributed by atoms with E-state index in [2.05, 4.69) is 0 Å². The molecule has 0 aromatic heterocycles. The predicted molar refractivity (Wildman–Crippen MR) is 86.7 cm³/mol. The Morgan fingerprint density at radius 1 is 1.04 bits per heavy atom. The molecule has 0 saturated heterocycles. The minimum atomic E-state index is -0.666. The summed E-state index contributed by atoms with van der Waals surface area (Å²) < 4.78 is 10.1. The van der Waals surface area contributed by atoms with Crippen LogP contribution in [0.4, 0.5) is 11.4 Å². The Morgan fingerprint density at radius 2 is 1.72 bits per heavy atom. The maximum atomic E-state index is 11.9. The summed E-state index contributed by atoms with van der Waals surface area (Å²) in [4.78, 5) is 32.4. The van der Waals surface area contributed by atoms with Crippen molar-refractivity contribution in [3.63, 3.8) is 0 Å². The summed E-state index contributed by atoms with van der Waals surface area (Å²) in [6, 6.07) is 9.28. The van der Waals surface area contributed by atoms with Gasteiger partial charge in [-0.05, 0) is 24.3 Å². The topological polar surface area (TPSA) is 122 Å². The van der Waals surface area contributed by atoms with E-state index in [0.29, 0.717) is 11.3 Å². The van der Waals surface area contributed by atoms with Crippen LogP contribution in [0.2, 0.25) is 0 Å². The molecule has 9 heteroatoms. The highest BCUT2D eigenvalue weighted by Crippen LogP contribution is 2.24. The van der Waals surface area contributed by atoms with E-state index in [4.69, 9.17) is 9.47 Å². The standard InChI is InChI=1S/C16H14N2O7/c1-24-14-6-7-15(18(22)23)12(10-14)8-9-25-16(19)11-2-4-13(5-3-11)17(20)21/h2-7,10H,8-9H2,1H3. The van der Waals surface area contributed by atoms with Gasteiger partial charge in [0.25, 0.3) is 11.4 Å². The molecule has 0 radical (unpaired) electrons. The molecule has 25 heavy (non-hydrogen) atoms. The first-order valence-corrected chi connectivity index (χ1v) is 7.15. The van der Waals surface area contributed by atoms with Crippen LogP contribution in [0, 0.1) is 20.2 Å². The molecule has 0 spiro atoms. The van der Waals surface area contributed by atoms with E-state index in [1.54, 1.807) is 0 Å². The molecule has 0 bridgehead atoms. The second-order valence-corrected chi connectivity index (χ2v) is 4.94. The molecule has 130 valence electrons. The second kappa shape index (κ2) is 7.86. The van der Waals surface area contributed by atoms with Crippen molar-refractivity contribution in [3.05, 3.63) is 73.8 Å². The van der Waals surface area contributed by atoms with Crippen molar-refractivity contribution < 1.29 is 24.1 Å². The SMILES string of the molecule is COc1ccc([N+](=O)[O-])c(CCOC(=O)c2ccc([N+](=O)[O-])cc2)c1. The Balaban J connectivity index is 2.01. The van der Waals surface area contributed by atoms with Crippen LogP contribution in [0.5, 0.6) is 5.75 Å². The molecule has 0 aliphatic rings. The molecule has 0 atom stereocenters. The summed E-state index contributed by atoms with van der Waals surface area (Å²) >= 11 is 0. The Morgan fingerprint density at radius 3 is 2.28 bits per heavy atom. The van der Waals surface area contributed by atoms with Crippen molar-refractivity contribution in [1.29, 1.82) is 0 Å². The maximum absolute atomic E-state index is 11.9. The molecular formula is C16H14N2O7. The van der Waals surface area contributed by atoms with Crippen molar-refractivity contribution in [3.8, 4) is 5.75 Å². The second-order valence-electron chi connectivity index (χ2n) is 4.94. The Hall–Kier alpha value is -3.49. The molecule has 0 aliphatic carbocycles. The number of non-ortho nitro benzene ring substituents is 1. The van der Waals surface area contributed by atoms with E-state index in [0.717, 1.165) is 0 Å². The van der Waals surface area contributed by atoms with Gasteiger partial charge in [0.2, 0.25) is 0 Å². The number of carbonyl (C=O) groups excluding carboxylic acids is 1. The van der Waals surface area contributed by atoms with E-state index in [-0.39, 0.29) is 30.0 Å². The van der Waals surface area contributed by atoms with Gasteiger partial charge in [0.1, 0.15) is 5.75 Å². The fourth-order valence-corrected chi connectivity index (χ4v) is 2.12. The van der Waals surface area contributed by atoms with Crippen LogP contribution in [0.3, 0.4) is 0 Å². The lowest BCUT2D eigenvalue weighted by Gasteiger charge is -2.07. The van der Waals surface area contributed by atoms with Crippen molar-refractivity contribution in [2.45, 2.75) is 6.42 Å². The van der Waals surface area contributed by atoms with E-state index in [9.17, 15) is 25.0 Å². The molecule has 0 aliphatic heterocycles. The largest absolute Gasteiger partial charge is 0.497 e. The minimum Gasteiger partial charge on any atom is -0.497 e. The van der Waals surface area contributed by atoms with E-state index < -0.39 is 15.8 Å². The number of nitro groups is 2. The predicted octanol–water partition coefficient (Wildman–Crippen LogP) is 2.91. The monoisotopic (exact) mass is 346 g/mol. The number of nitro benzene ring substituents is 2. The highest BCUT2D eigenvalue weighted by molar-refractivity contribution is 5.89. The van der Waals surface area contributed by atoms with Gasteiger partial charge in [0.05, 0.1) is 29.1 Å². The van der Waals surface area contributed by atoms with Gasteiger partial charge in [-0.3, -0.25) is 20.2 Å².